The second kappa shape index (κ2) is 13.2. The topological polar surface area (TPSA) is 158 Å². The fourth-order valence-corrected chi connectivity index (χ4v) is 5.63. The third-order valence-corrected chi connectivity index (χ3v) is 7.88. The van der Waals surface area contributed by atoms with Crippen molar-refractivity contribution >= 4 is 32.6 Å². The minimum atomic E-state index is -4.38. The Morgan fingerprint density at radius 2 is 0.780 bits per heavy atom. The van der Waals surface area contributed by atoms with Gasteiger partial charge in [-0.05, 0) is 55.0 Å². The molecule has 0 saturated carbocycles. The van der Waals surface area contributed by atoms with Gasteiger partial charge < -0.3 is 34.4 Å². The Labute approximate surface area is 257 Å². The molecule has 8 nitrogen and oxygen atoms in total. The summed E-state index contributed by atoms with van der Waals surface area (Å²) < 4.78 is 22.4. The van der Waals surface area contributed by atoms with E-state index >= 15 is 0 Å². The first kappa shape index (κ1) is 39.9. The van der Waals surface area contributed by atoms with E-state index in [4.69, 9.17) is 4.89 Å². The van der Waals surface area contributed by atoms with Gasteiger partial charge in [-0.2, -0.15) is 0 Å². The van der Waals surface area contributed by atoms with Crippen LogP contribution in [0, 0.1) is 0 Å². The van der Waals surface area contributed by atoms with E-state index < -0.39 is 21.4 Å². The van der Waals surface area contributed by atoms with E-state index in [0.717, 1.165) is 0 Å². The van der Waals surface area contributed by atoms with Crippen LogP contribution in [0.3, 0.4) is 0 Å². The van der Waals surface area contributed by atoms with Crippen LogP contribution in [-0.4, -0.2) is 42.3 Å². The molecule has 0 aliphatic rings. The Bertz CT molecular complexity index is 1130. The van der Waals surface area contributed by atoms with E-state index in [2.05, 4.69) is 0 Å². The Morgan fingerprint density at radius 1 is 0.561 bits per heavy atom. The first-order valence-corrected chi connectivity index (χ1v) is 16.8. The number of hydrogen-bond donors (Lipinski definition) is 5. The van der Waals surface area contributed by atoms with Crippen molar-refractivity contribution < 1.29 is 38.9 Å². The summed E-state index contributed by atoms with van der Waals surface area (Å²) in [5.41, 5.74) is 2.64. The van der Waals surface area contributed by atoms with Gasteiger partial charge in [0.1, 0.15) is 19.1 Å². The molecule has 2 aromatic carbocycles. The number of benzene rings is 2. The smallest absolute Gasteiger partial charge is 0.778 e. The van der Waals surface area contributed by atoms with Gasteiger partial charge in [-0.15, -0.1) is 0 Å². The maximum atomic E-state index is 11.2. The van der Waals surface area contributed by atoms with Gasteiger partial charge in [0.15, 0.2) is 0 Å². The van der Waals surface area contributed by atoms with Crippen molar-refractivity contribution in [2.45, 2.75) is 117 Å². The summed E-state index contributed by atoms with van der Waals surface area (Å²) in [6, 6.07) is 6.71. The normalized spacial score (nSPS) is 14.4. The van der Waals surface area contributed by atoms with Crippen LogP contribution in [0.4, 0.5) is 0 Å². The predicted octanol–water partition coefficient (Wildman–Crippen LogP) is 6.32. The Balaban J connectivity index is 0.000000762. The van der Waals surface area contributed by atoms with Gasteiger partial charge in [0.2, 0.25) is 0 Å². The zero-order valence-electron chi connectivity index (χ0n) is 26.7. The second-order valence-corrected chi connectivity index (χ2v) is 17.9. The zero-order valence-corrected chi connectivity index (χ0v) is 29.6. The van der Waals surface area contributed by atoms with Crippen LogP contribution < -0.4 is 4.89 Å². The van der Waals surface area contributed by atoms with E-state index in [-0.39, 0.29) is 56.7 Å². The molecule has 0 bridgehead atoms. The van der Waals surface area contributed by atoms with Gasteiger partial charge in [0.05, 0.1) is 6.16 Å². The molecule has 228 valence electrons. The van der Waals surface area contributed by atoms with E-state index in [0.29, 0.717) is 33.4 Å². The van der Waals surface area contributed by atoms with Crippen molar-refractivity contribution in [1.29, 1.82) is 0 Å². The molecule has 0 radical (unpaired) electrons. The average Bonchev–Trinajstić information content (AvgIpc) is 2.65. The maximum Gasteiger partial charge on any atom is 3.00 e. The van der Waals surface area contributed by atoms with Crippen LogP contribution in [0.2, 0.25) is 0 Å². The average molecular weight is 627 g/mol. The van der Waals surface area contributed by atoms with Crippen molar-refractivity contribution in [2.75, 3.05) is 0 Å². The molecule has 2 rings (SSSR count). The Kier molecular flexibility index (Phi) is 12.9. The van der Waals surface area contributed by atoms with Crippen LogP contribution in [0.25, 0.3) is 0 Å². The van der Waals surface area contributed by atoms with Gasteiger partial charge in [-0.3, -0.25) is 4.57 Å². The molecule has 0 amide bonds. The molecular weight excluding hydrogens is 577 g/mol. The predicted molar refractivity (Wildman–Crippen MR) is 166 cm³/mol. The number of rotatable bonds is 4. The van der Waals surface area contributed by atoms with Gasteiger partial charge >= 0.3 is 25.0 Å². The second-order valence-electron chi connectivity index (χ2n) is 14.7. The van der Waals surface area contributed by atoms with Crippen LogP contribution in [0.5, 0.6) is 11.5 Å². The van der Waals surface area contributed by atoms with E-state index in [9.17, 15) is 34.0 Å². The molecule has 0 fully saturated rings. The summed E-state index contributed by atoms with van der Waals surface area (Å²) in [5.74, 6) is 0.423. The monoisotopic (exact) mass is 626 g/mol. The molecule has 0 aliphatic carbocycles. The van der Waals surface area contributed by atoms with E-state index in [1.807, 2.05) is 83.1 Å². The minimum absolute atomic E-state index is 0. The quantitative estimate of drug-likeness (QED) is 0.195. The summed E-state index contributed by atoms with van der Waals surface area (Å²) in [5, 5.41) is 21.0. The SMILES string of the molecule is CC(C)(C)c1cc(CP(=O)(O)O)cc(C(C)(C)C)c1O.CC(C)(C)c1cc(CP(=O)([O-])O)cc(C(C)(C)C)c1O.[Al+3]. The third kappa shape index (κ3) is 12.6. The molecule has 0 heterocycles. The van der Waals surface area contributed by atoms with Crippen LogP contribution >= 0.6 is 15.2 Å². The Morgan fingerprint density at radius 3 is 0.951 bits per heavy atom. The molecule has 5 N–H and O–H groups in total. The summed E-state index contributed by atoms with van der Waals surface area (Å²) in [6.45, 7) is 23.5. The standard InChI is InChI=1S/2C15H25O4P.Al/c2*1-14(2,3)11-7-10(9-20(17,18)19)8-12(13(11)16)15(4,5)6;/h2*7-8,16H,9H2,1-6H3,(H2,17,18,19);/q;;+3/p-1. The molecular formula is C30H49AlO8P2+2. The Hall–Kier alpha value is -1.13. The summed E-state index contributed by atoms with van der Waals surface area (Å²) in [7, 11) is -8.51. The largest absolute Gasteiger partial charge is 3.00 e. The van der Waals surface area contributed by atoms with E-state index in [1.165, 1.54) is 0 Å². The molecule has 0 aliphatic heterocycles. The van der Waals surface area contributed by atoms with Crippen molar-refractivity contribution in [2.24, 2.45) is 0 Å². The summed E-state index contributed by atoms with van der Waals surface area (Å²) >= 11 is 0. The summed E-state index contributed by atoms with van der Waals surface area (Å²) in [6.07, 6.45) is -0.723. The third-order valence-electron chi connectivity index (χ3n) is 6.34. The number of hydrogen-bond acceptors (Lipinski definition) is 5. The first-order chi connectivity index (χ1) is 17.4. The van der Waals surface area contributed by atoms with Crippen molar-refractivity contribution in [3.8, 4) is 11.5 Å². The first-order valence-electron chi connectivity index (χ1n) is 13.2. The molecule has 0 aromatic heterocycles. The van der Waals surface area contributed by atoms with Crippen molar-refractivity contribution in [1.82, 2.24) is 0 Å². The number of aromatic hydroxyl groups is 2. The van der Waals surface area contributed by atoms with Crippen LogP contribution in [0.15, 0.2) is 24.3 Å². The molecule has 1 atom stereocenters. The molecule has 1 unspecified atom stereocenters. The molecule has 0 saturated heterocycles. The number of phenolic OH excluding ortho intramolecular Hbond substituents is 2. The minimum Gasteiger partial charge on any atom is -0.778 e. The number of phenols is 2. The van der Waals surface area contributed by atoms with Gasteiger partial charge in [-0.25, -0.2) is 0 Å². The van der Waals surface area contributed by atoms with Gasteiger partial charge in [0.25, 0.3) is 0 Å². The van der Waals surface area contributed by atoms with Crippen molar-refractivity contribution in [3.63, 3.8) is 0 Å². The zero-order chi connectivity index (χ0) is 31.9. The van der Waals surface area contributed by atoms with Crippen LogP contribution in [0.1, 0.15) is 116 Å². The van der Waals surface area contributed by atoms with Crippen molar-refractivity contribution in [3.05, 3.63) is 57.6 Å². The molecule has 2 aromatic rings. The fraction of sp³-hybridized carbons (Fsp3) is 0.600. The molecule has 11 heteroatoms. The fourth-order valence-electron chi connectivity index (χ4n) is 4.33. The van der Waals surface area contributed by atoms with Gasteiger partial charge in [-0.1, -0.05) is 107 Å². The molecule has 41 heavy (non-hydrogen) atoms. The molecule has 0 spiro atoms. The maximum absolute atomic E-state index is 11.2. The van der Waals surface area contributed by atoms with Crippen LogP contribution in [-0.2, 0) is 43.1 Å². The van der Waals surface area contributed by atoms with Gasteiger partial charge in [0, 0.05) is 6.16 Å². The van der Waals surface area contributed by atoms with E-state index in [1.54, 1.807) is 24.3 Å². The summed E-state index contributed by atoms with van der Waals surface area (Å²) in [4.78, 5) is 38.5.